The molecule has 3 aliphatic rings. The Morgan fingerprint density at radius 3 is 2.81 bits per heavy atom. The number of carbonyl (C=O) groups excluding carboxylic acids is 1. The summed E-state index contributed by atoms with van der Waals surface area (Å²) >= 11 is 0. The van der Waals surface area contributed by atoms with E-state index in [2.05, 4.69) is 27.3 Å². The lowest BCUT2D eigenvalue weighted by atomic mass is 9.90. The molecule has 0 radical (unpaired) electrons. The third-order valence-corrected chi connectivity index (χ3v) is 6.00. The summed E-state index contributed by atoms with van der Waals surface area (Å²) in [7, 11) is 0. The molecule has 1 aromatic rings. The normalized spacial score (nSPS) is 29.4. The lowest BCUT2D eigenvalue weighted by molar-refractivity contribution is -0.118. The molecule has 142 valence electrons. The minimum Gasteiger partial charge on any atom is -0.369 e. The van der Waals surface area contributed by atoms with Crippen molar-refractivity contribution in [2.75, 3.05) is 32.7 Å². The van der Waals surface area contributed by atoms with Crippen molar-refractivity contribution in [3.05, 3.63) is 30.1 Å². The highest BCUT2D eigenvalue weighted by Gasteiger charge is 2.42. The Hall–Kier alpha value is -1.66. The van der Waals surface area contributed by atoms with Gasteiger partial charge in [-0.3, -0.25) is 9.88 Å². The third-order valence-electron chi connectivity index (χ3n) is 6.00. The molecule has 1 N–H and O–H groups in total. The van der Waals surface area contributed by atoms with E-state index in [9.17, 15) is 4.79 Å². The number of carbonyl (C=O) groups is 1. The first-order valence-corrected chi connectivity index (χ1v) is 10.0. The van der Waals surface area contributed by atoms with Gasteiger partial charge in [0.15, 0.2) is 0 Å². The van der Waals surface area contributed by atoms with Gasteiger partial charge in [0.05, 0.1) is 11.7 Å². The zero-order valence-corrected chi connectivity index (χ0v) is 15.5. The van der Waals surface area contributed by atoms with Crippen molar-refractivity contribution < 1.29 is 9.53 Å². The van der Waals surface area contributed by atoms with Gasteiger partial charge in [0.25, 0.3) is 0 Å². The molecular formula is C20H30N4O2. The topological polar surface area (TPSA) is 57.7 Å². The average Bonchev–Trinajstić information content (AvgIpc) is 3.32. The molecule has 2 atom stereocenters. The van der Waals surface area contributed by atoms with Crippen LogP contribution in [0.3, 0.4) is 0 Å². The van der Waals surface area contributed by atoms with E-state index in [-0.39, 0.29) is 17.7 Å². The van der Waals surface area contributed by atoms with Crippen LogP contribution in [0.4, 0.5) is 4.79 Å². The molecule has 26 heavy (non-hydrogen) atoms. The minimum absolute atomic E-state index is 0.0195. The molecule has 0 aromatic carbocycles. The summed E-state index contributed by atoms with van der Waals surface area (Å²) in [6.45, 7) is 5.46. The van der Waals surface area contributed by atoms with Gasteiger partial charge in [-0.05, 0) is 56.2 Å². The van der Waals surface area contributed by atoms with Crippen LogP contribution in [0.2, 0.25) is 0 Å². The smallest absolute Gasteiger partial charge is 0.317 e. The molecule has 0 bridgehead atoms. The van der Waals surface area contributed by atoms with Crippen molar-refractivity contribution in [1.29, 1.82) is 0 Å². The van der Waals surface area contributed by atoms with E-state index in [1.807, 2.05) is 17.3 Å². The van der Waals surface area contributed by atoms with Crippen LogP contribution in [0.25, 0.3) is 0 Å². The maximum absolute atomic E-state index is 12.2. The Morgan fingerprint density at radius 1 is 1.19 bits per heavy atom. The lowest BCUT2D eigenvalue weighted by Crippen LogP contribution is -2.48. The fourth-order valence-electron chi connectivity index (χ4n) is 4.61. The Labute approximate surface area is 155 Å². The fourth-order valence-corrected chi connectivity index (χ4v) is 4.61. The number of pyridine rings is 1. The SMILES string of the molecule is O=C(NC[C@@H]1CCC[C@@]2(CCN(Cc3ccncc3)C2)O1)N1CCCC1. The number of hydrogen-bond acceptors (Lipinski definition) is 4. The van der Waals surface area contributed by atoms with Crippen LogP contribution in [0.15, 0.2) is 24.5 Å². The van der Waals surface area contributed by atoms with Gasteiger partial charge < -0.3 is 15.0 Å². The minimum atomic E-state index is -0.0195. The Morgan fingerprint density at radius 2 is 2.00 bits per heavy atom. The Kier molecular flexibility index (Phi) is 5.41. The predicted molar refractivity (Wildman–Crippen MR) is 99.8 cm³/mol. The van der Waals surface area contributed by atoms with Gasteiger partial charge in [0.1, 0.15) is 0 Å². The van der Waals surface area contributed by atoms with Crippen LogP contribution in [-0.2, 0) is 11.3 Å². The number of nitrogens with zero attached hydrogens (tertiary/aromatic N) is 3. The summed E-state index contributed by atoms with van der Waals surface area (Å²) in [5.41, 5.74) is 1.29. The van der Waals surface area contributed by atoms with E-state index in [0.29, 0.717) is 6.54 Å². The quantitative estimate of drug-likeness (QED) is 0.898. The number of ether oxygens (including phenoxy) is 1. The first kappa shape index (κ1) is 17.7. The number of amides is 2. The van der Waals surface area contributed by atoms with Gasteiger partial charge in [-0.25, -0.2) is 4.79 Å². The van der Waals surface area contributed by atoms with Crippen molar-refractivity contribution in [2.45, 2.75) is 56.8 Å². The van der Waals surface area contributed by atoms with Gasteiger partial charge in [-0.15, -0.1) is 0 Å². The summed E-state index contributed by atoms with van der Waals surface area (Å²) in [4.78, 5) is 20.7. The van der Waals surface area contributed by atoms with Crippen LogP contribution >= 0.6 is 0 Å². The zero-order valence-electron chi connectivity index (χ0n) is 15.5. The van der Waals surface area contributed by atoms with Gasteiger partial charge >= 0.3 is 6.03 Å². The predicted octanol–water partition coefficient (Wildman–Crippen LogP) is 2.40. The lowest BCUT2D eigenvalue weighted by Gasteiger charge is -2.39. The molecule has 6 nitrogen and oxygen atoms in total. The number of nitrogens with one attached hydrogen (secondary N) is 1. The monoisotopic (exact) mass is 358 g/mol. The maximum atomic E-state index is 12.2. The Bertz CT molecular complexity index is 605. The van der Waals surface area contributed by atoms with E-state index < -0.39 is 0 Å². The second-order valence-corrected chi connectivity index (χ2v) is 8.01. The molecule has 0 unspecified atom stereocenters. The highest BCUT2D eigenvalue weighted by molar-refractivity contribution is 5.74. The van der Waals surface area contributed by atoms with E-state index in [0.717, 1.165) is 64.8 Å². The molecule has 1 aromatic heterocycles. The standard InChI is InChI=1S/C20H30N4O2/c25-19(24-11-1-2-12-24)22-14-18-4-3-7-20(26-18)8-13-23(16-20)15-17-5-9-21-10-6-17/h5-6,9-10,18H,1-4,7-8,11-16H2,(H,22,25)/t18-,20-/m0/s1. The molecule has 0 saturated carbocycles. The largest absolute Gasteiger partial charge is 0.369 e. The molecule has 4 rings (SSSR count). The van der Waals surface area contributed by atoms with Crippen molar-refractivity contribution in [3.63, 3.8) is 0 Å². The molecule has 1 spiro atoms. The van der Waals surface area contributed by atoms with Gasteiger partial charge in [-0.1, -0.05) is 0 Å². The van der Waals surface area contributed by atoms with Crippen LogP contribution in [0, 0.1) is 0 Å². The maximum Gasteiger partial charge on any atom is 0.317 e. The second kappa shape index (κ2) is 7.92. The highest BCUT2D eigenvalue weighted by atomic mass is 16.5. The van der Waals surface area contributed by atoms with Crippen LogP contribution in [-0.4, -0.2) is 65.2 Å². The zero-order chi connectivity index (χ0) is 17.8. The number of rotatable bonds is 4. The molecule has 3 saturated heterocycles. The van der Waals surface area contributed by atoms with Gasteiger partial charge in [-0.2, -0.15) is 0 Å². The van der Waals surface area contributed by atoms with E-state index >= 15 is 0 Å². The average molecular weight is 358 g/mol. The van der Waals surface area contributed by atoms with Crippen molar-refractivity contribution in [2.24, 2.45) is 0 Å². The third kappa shape index (κ3) is 4.18. The summed E-state index contributed by atoms with van der Waals surface area (Å²) in [6.07, 6.45) is 10.6. The van der Waals surface area contributed by atoms with Gasteiger partial charge in [0, 0.05) is 51.7 Å². The highest BCUT2D eigenvalue weighted by Crippen LogP contribution is 2.37. The molecule has 4 heterocycles. The van der Waals surface area contributed by atoms with Gasteiger partial charge in [0.2, 0.25) is 0 Å². The molecule has 2 amide bonds. The van der Waals surface area contributed by atoms with Crippen LogP contribution in [0.5, 0.6) is 0 Å². The van der Waals surface area contributed by atoms with Crippen molar-refractivity contribution in [1.82, 2.24) is 20.1 Å². The van der Waals surface area contributed by atoms with E-state index in [1.54, 1.807) is 0 Å². The first-order chi connectivity index (χ1) is 12.7. The summed E-state index contributed by atoms with van der Waals surface area (Å²) < 4.78 is 6.53. The molecular weight excluding hydrogens is 328 g/mol. The fraction of sp³-hybridized carbons (Fsp3) is 0.700. The second-order valence-electron chi connectivity index (χ2n) is 8.01. The summed E-state index contributed by atoms with van der Waals surface area (Å²) in [5, 5.41) is 3.09. The molecule has 3 fully saturated rings. The summed E-state index contributed by atoms with van der Waals surface area (Å²) in [5.74, 6) is 0. The van der Waals surface area contributed by atoms with Crippen LogP contribution < -0.4 is 5.32 Å². The van der Waals surface area contributed by atoms with Crippen LogP contribution in [0.1, 0.15) is 44.1 Å². The van der Waals surface area contributed by atoms with E-state index in [4.69, 9.17) is 4.74 Å². The number of likely N-dealkylation sites (tertiary alicyclic amines) is 2. The number of aromatic nitrogens is 1. The Balaban J connectivity index is 1.27. The van der Waals surface area contributed by atoms with Crippen molar-refractivity contribution >= 4 is 6.03 Å². The summed E-state index contributed by atoms with van der Waals surface area (Å²) in [6, 6.07) is 4.25. The van der Waals surface area contributed by atoms with E-state index in [1.165, 1.54) is 12.0 Å². The first-order valence-electron chi connectivity index (χ1n) is 10.0. The number of urea groups is 1. The number of hydrogen-bond donors (Lipinski definition) is 1. The molecule has 3 aliphatic heterocycles. The van der Waals surface area contributed by atoms with Crippen molar-refractivity contribution in [3.8, 4) is 0 Å². The molecule has 0 aliphatic carbocycles. The molecule has 6 heteroatoms.